The molecule has 0 saturated heterocycles. The maximum Gasteiger partial charge on any atom is 0.412 e. The molecule has 1 heterocycles. The minimum Gasteiger partial charge on any atom is -0.447 e. The molecule has 0 aliphatic carbocycles. The number of amides is 2. The number of nitrogens with zero attached hydrogens (tertiary/aromatic N) is 3. The fraction of sp³-hybridized carbons (Fsp3) is 0.333. The number of hydrogen-bond acceptors (Lipinski definition) is 5. The van der Waals surface area contributed by atoms with Crippen LogP contribution in [0.4, 0.5) is 10.6 Å². The fourth-order valence-electron chi connectivity index (χ4n) is 2.13. The second kappa shape index (κ2) is 9.72. The molecule has 0 spiro atoms. The van der Waals surface area contributed by atoms with Crippen molar-refractivity contribution in [1.29, 1.82) is 0 Å². The highest BCUT2D eigenvalue weighted by molar-refractivity contribution is 6.31. The van der Waals surface area contributed by atoms with Gasteiger partial charge in [-0.25, -0.2) is 9.78 Å². The molecule has 0 atom stereocenters. The number of aromatic nitrogens is 2. The highest BCUT2D eigenvalue weighted by Gasteiger charge is 2.11. The van der Waals surface area contributed by atoms with Gasteiger partial charge in [-0.1, -0.05) is 29.8 Å². The third-order valence-corrected chi connectivity index (χ3v) is 4.03. The van der Waals surface area contributed by atoms with Crippen molar-refractivity contribution in [2.45, 2.75) is 19.8 Å². The lowest BCUT2D eigenvalue weighted by Crippen LogP contribution is -2.31. The molecule has 0 saturated carbocycles. The van der Waals surface area contributed by atoms with Crippen molar-refractivity contribution in [3.63, 3.8) is 0 Å². The number of nitrogens with one attached hydrogen (secondary N) is 1. The first-order valence-corrected chi connectivity index (χ1v) is 8.53. The van der Waals surface area contributed by atoms with Crippen LogP contribution in [0.25, 0.3) is 0 Å². The molecular formula is C18H21ClN4O3. The predicted octanol–water partition coefficient (Wildman–Crippen LogP) is 3.08. The van der Waals surface area contributed by atoms with E-state index in [2.05, 4.69) is 15.3 Å². The highest BCUT2D eigenvalue weighted by atomic mass is 35.5. The number of rotatable bonds is 7. The van der Waals surface area contributed by atoms with Crippen LogP contribution < -0.4 is 5.32 Å². The number of carbonyl (C=O) groups is 2. The zero-order valence-electron chi connectivity index (χ0n) is 14.7. The average molecular weight is 377 g/mol. The van der Waals surface area contributed by atoms with Crippen LogP contribution in [0.5, 0.6) is 0 Å². The first-order valence-electron chi connectivity index (χ1n) is 8.15. The molecule has 7 nitrogen and oxygen atoms in total. The summed E-state index contributed by atoms with van der Waals surface area (Å²) < 4.78 is 5.05. The van der Waals surface area contributed by atoms with E-state index in [-0.39, 0.29) is 12.5 Å². The average Bonchev–Trinajstić information content (AvgIpc) is 2.62. The van der Waals surface area contributed by atoms with Crippen molar-refractivity contribution < 1.29 is 14.3 Å². The molecule has 0 fully saturated rings. The lowest BCUT2D eigenvalue weighted by Gasteiger charge is -2.17. The number of hydrogen-bond donors (Lipinski definition) is 1. The molecule has 2 rings (SSSR count). The molecular weight excluding hydrogens is 356 g/mol. The van der Waals surface area contributed by atoms with E-state index in [0.29, 0.717) is 30.2 Å². The molecule has 1 aromatic carbocycles. The van der Waals surface area contributed by atoms with Gasteiger partial charge in [0.1, 0.15) is 6.61 Å². The maximum atomic E-state index is 12.1. The second-order valence-electron chi connectivity index (χ2n) is 5.71. The second-order valence-corrected chi connectivity index (χ2v) is 6.12. The Morgan fingerprint density at radius 1 is 1.23 bits per heavy atom. The van der Waals surface area contributed by atoms with E-state index in [9.17, 15) is 9.59 Å². The summed E-state index contributed by atoms with van der Waals surface area (Å²) in [7, 11) is 1.67. The van der Waals surface area contributed by atoms with Gasteiger partial charge in [-0.3, -0.25) is 15.1 Å². The van der Waals surface area contributed by atoms with Crippen LogP contribution in [-0.2, 0) is 16.0 Å². The van der Waals surface area contributed by atoms with E-state index in [1.807, 2.05) is 18.2 Å². The smallest absolute Gasteiger partial charge is 0.412 e. The highest BCUT2D eigenvalue weighted by Crippen LogP contribution is 2.16. The molecule has 0 unspecified atom stereocenters. The molecule has 1 aromatic heterocycles. The minimum atomic E-state index is -0.639. The number of halogens is 1. The minimum absolute atomic E-state index is 0.0432. The standard InChI is InChI=1S/C18H21ClN4O3/c1-13-11-21-16(12-20-13)22-18(25)26-10-9-23(2)17(24)8-7-14-5-3-4-6-15(14)19/h3-6,11-12H,7-10H2,1-2H3,(H,21,22,25). The first-order chi connectivity index (χ1) is 12.5. The van der Waals surface area contributed by atoms with Gasteiger partial charge in [0.2, 0.25) is 5.91 Å². The van der Waals surface area contributed by atoms with Gasteiger partial charge in [0, 0.05) is 18.5 Å². The summed E-state index contributed by atoms with van der Waals surface area (Å²) in [5, 5.41) is 3.13. The van der Waals surface area contributed by atoms with E-state index in [1.165, 1.54) is 11.1 Å². The Bertz CT molecular complexity index is 752. The zero-order chi connectivity index (χ0) is 18.9. The van der Waals surface area contributed by atoms with Gasteiger partial charge in [0.15, 0.2) is 5.82 Å². The maximum absolute atomic E-state index is 12.1. The number of likely N-dealkylation sites (N-methyl/N-ethyl adjacent to an activating group) is 1. The van der Waals surface area contributed by atoms with Crippen LogP contribution in [-0.4, -0.2) is 47.1 Å². The largest absolute Gasteiger partial charge is 0.447 e. The summed E-state index contributed by atoms with van der Waals surface area (Å²) in [6, 6.07) is 7.44. The summed E-state index contributed by atoms with van der Waals surface area (Å²) >= 11 is 6.08. The summed E-state index contributed by atoms with van der Waals surface area (Å²) in [5.74, 6) is 0.267. The number of anilines is 1. The third kappa shape index (κ3) is 6.33. The number of ether oxygens (including phenoxy) is 1. The third-order valence-electron chi connectivity index (χ3n) is 3.66. The van der Waals surface area contributed by atoms with Crippen molar-refractivity contribution in [3.8, 4) is 0 Å². The predicted molar refractivity (Wildman–Crippen MR) is 99.1 cm³/mol. The van der Waals surface area contributed by atoms with Crippen molar-refractivity contribution in [2.24, 2.45) is 0 Å². The van der Waals surface area contributed by atoms with Crippen molar-refractivity contribution in [1.82, 2.24) is 14.9 Å². The van der Waals surface area contributed by atoms with Gasteiger partial charge in [-0.05, 0) is 25.0 Å². The Labute approximate surface area is 157 Å². The Morgan fingerprint density at radius 3 is 2.69 bits per heavy atom. The molecule has 0 radical (unpaired) electrons. The number of carbonyl (C=O) groups excluding carboxylic acids is 2. The summed E-state index contributed by atoms with van der Waals surface area (Å²) in [4.78, 5) is 33.4. The van der Waals surface area contributed by atoms with Crippen LogP contribution in [0.1, 0.15) is 17.7 Å². The van der Waals surface area contributed by atoms with Gasteiger partial charge in [0.05, 0.1) is 24.6 Å². The van der Waals surface area contributed by atoms with Crippen LogP contribution in [0.3, 0.4) is 0 Å². The summed E-state index contributed by atoms with van der Waals surface area (Å²) in [6.45, 7) is 2.18. The summed E-state index contributed by atoms with van der Waals surface area (Å²) in [5.41, 5.74) is 1.69. The SMILES string of the molecule is Cc1cnc(NC(=O)OCCN(C)C(=O)CCc2ccccc2Cl)cn1. The van der Waals surface area contributed by atoms with Gasteiger partial charge in [-0.2, -0.15) is 0 Å². The number of benzene rings is 1. The Kier molecular flexibility index (Phi) is 7.35. The van der Waals surface area contributed by atoms with E-state index >= 15 is 0 Å². The van der Waals surface area contributed by atoms with E-state index < -0.39 is 6.09 Å². The molecule has 2 aromatic rings. The first kappa shape index (κ1) is 19.7. The molecule has 2 amide bonds. The molecule has 26 heavy (non-hydrogen) atoms. The molecule has 0 aliphatic heterocycles. The van der Waals surface area contributed by atoms with Crippen molar-refractivity contribution >= 4 is 29.4 Å². The van der Waals surface area contributed by atoms with Crippen LogP contribution in [0, 0.1) is 6.92 Å². The fourth-order valence-corrected chi connectivity index (χ4v) is 2.36. The van der Waals surface area contributed by atoms with Crippen LogP contribution in [0.15, 0.2) is 36.7 Å². The lowest BCUT2D eigenvalue weighted by molar-refractivity contribution is -0.130. The van der Waals surface area contributed by atoms with Crippen LogP contribution in [0.2, 0.25) is 5.02 Å². The topological polar surface area (TPSA) is 84.4 Å². The van der Waals surface area contributed by atoms with Crippen LogP contribution >= 0.6 is 11.6 Å². The molecule has 1 N–H and O–H groups in total. The van der Waals surface area contributed by atoms with Crippen molar-refractivity contribution in [2.75, 3.05) is 25.5 Å². The molecule has 0 bridgehead atoms. The monoisotopic (exact) mass is 376 g/mol. The van der Waals surface area contributed by atoms with Gasteiger partial charge in [-0.15, -0.1) is 0 Å². The summed E-state index contributed by atoms with van der Waals surface area (Å²) in [6.07, 6.45) is 3.25. The zero-order valence-corrected chi connectivity index (χ0v) is 15.5. The normalized spacial score (nSPS) is 10.3. The Balaban J connectivity index is 1.68. The molecule has 8 heteroatoms. The molecule has 138 valence electrons. The van der Waals surface area contributed by atoms with Gasteiger partial charge < -0.3 is 9.64 Å². The van der Waals surface area contributed by atoms with E-state index in [1.54, 1.807) is 26.2 Å². The van der Waals surface area contributed by atoms with Crippen molar-refractivity contribution in [3.05, 3.63) is 52.9 Å². The Hall–Kier alpha value is -2.67. The lowest BCUT2D eigenvalue weighted by atomic mass is 10.1. The van der Waals surface area contributed by atoms with E-state index in [4.69, 9.17) is 16.3 Å². The Morgan fingerprint density at radius 2 is 2.00 bits per heavy atom. The molecule has 0 aliphatic rings. The number of aryl methyl sites for hydroxylation is 2. The van der Waals surface area contributed by atoms with Gasteiger partial charge >= 0.3 is 6.09 Å². The quantitative estimate of drug-likeness (QED) is 0.802. The van der Waals surface area contributed by atoms with Gasteiger partial charge in [0.25, 0.3) is 0 Å². The van der Waals surface area contributed by atoms with E-state index in [0.717, 1.165) is 11.3 Å².